The van der Waals surface area contributed by atoms with Crippen molar-refractivity contribution in [3.05, 3.63) is 36.2 Å². The fourth-order valence-electron chi connectivity index (χ4n) is 1.50. The number of hydrogen-bond donors (Lipinski definition) is 3. The van der Waals surface area contributed by atoms with Gasteiger partial charge < -0.3 is 15.4 Å². The van der Waals surface area contributed by atoms with Crippen molar-refractivity contribution in [2.45, 2.75) is 0 Å². The quantitative estimate of drug-likeness (QED) is 0.662. The maximum Gasteiger partial charge on any atom is 0.211 e. The van der Waals surface area contributed by atoms with Gasteiger partial charge in [0.25, 0.3) is 0 Å². The van der Waals surface area contributed by atoms with Crippen molar-refractivity contribution in [1.82, 2.24) is 10.3 Å². The van der Waals surface area contributed by atoms with Crippen LogP contribution in [0.5, 0.6) is 5.75 Å². The molecule has 0 fully saturated rings. The Kier molecular flexibility index (Phi) is 2.41. The van der Waals surface area contributed by atoms with Crippen LogP contribution in [0.1, 0.15) is 5.56 Å². The highest BCUT2D eigenvalue weighted by atomic mass is 16.3. The normalized spacial score (nSPS) is 10.9. The molecule has 0 spiro atoms. The summed E-state index contributed by atoms with van der Waals surface area (Å²) < 4.78 is 0. The van der Waals surface area contributed by atoms with Gasteiger partial charge in [-0.05, 0) is 18.2 Å². The molecule has 0 aliphatic heterocycles. The van der Waals surface area contributed by atoms with Gasteiger partial charge in [-0.1, -0.05) is 6.07 Å². The maximum absolute atomic E-state index is 10.0. The number of fused-ring (bicyclic) bond motifs is 1. The number of H-pyrrole nitrogens is 1. The first-order valence-corrected chi connectivity index (χ1v) is 4.48. The van der Waals surface area contributed by atoms with Gasteiger partial charge in [0.05, 0.1) is 0 Å². The lowest BCUT2D eigenvalue weighted by Gasteiger charge is -1.95. The SMILES string of the molecule is O=CNC=Cc1c[nH]c2cccc(O)c12. The van der Waals surface area contributed by atoms with Gasteiger partial charge in [-0.3, -0.25) is 4.79 Å². The summed E-state index contributed by atoms with van der Waals surface area (Å²) in [7, 11) is 0. The summed E-state index contributed by atoms with van der Waals surface area (Å²) in [5.74, 6) is 0.222. The zero-order valence-electron chi connectivity index (χ0n) is 7.90. The minimum atomic E-state index is 0.222. The average molecular weight is 202 g/mol. The largest absolute Gasteiger partial charge is 0.507 e. The maximum atomic E-state index is 10.0. The molecule has 0 bridgehead atoms. The van der Waals surface area contributed by atoms with Gasteiger partial charge in [-0.25, -0.2) is 0 Å². The van der Waals surface area contributed by atoms with Crippen molar-refractivity contribution < 1.29 is 9.90 Å². The van der Waals surface area contributed by atoms with E-state index in [2.05, 4.69) is 10.3 Å². The van der Waals surface area contributed by atoms with Crippen LogP contribution in [-0.4, -0.2) is 16.5 Å². The van der Waals surface area contributed by atoms with Crippen LogP contribution in [0.3, 0.4) is 0 Å². The number of aromatic nitrogens is 1. The predicted molar refractivity (Wildman–Crippen MR) is 58.2 cm³/mol. The number of phenols is 1. The molecule has 1 heterocycles. The number of aromatic hydroxyl groups is 1. The number of aromatic amines is 1. The van der Waals surface area contributed by atoms with E-state index in [9.17, 15) is 9.90 Å². The molecule has 0 unspecified atom stereocenters. The molecule has 0 saturated carbocycles. The van der Waals surface area contributed by atoms with Gasteiger partial charge >= 0.3 is 0 Å². The lowest BCUT2D eigenvalue weighted by atomic mass is 10.1. The first-order valence-electron chi connectivity index (χ1n) is 4.48. The van der Waals surface area contributed by atoms with Gasteiger partial charge in [0, 0.05) is 28.9 Å². The van der Waals surface area contributed by atoms with E-state index in [1.165, 1.54) is 6.20 Å². The van der Waals surface area contributed by atoms with Crippen LogP contribution < -0.4 is 5.32 Å². The topological polar surface area (TPSA) is 65.1 Å². The molecule has 1 aromatic heterocycles. The number of carbonyl (C=O) groups excluding carboxylic acids is 1. The van der Waals surface area contributed by atoms with Gasteiger partial charge in [0.15, 0.2) is 0 Å². The molecule has 76 valence electrons. The average Bonchev–Trinajstić information content (AvgIpc) is 2.63. The molecule has 0 saturated heterocycles. The first kappa shape index (κ1) is 9.33. The summed E-state index contributed by atoms with van der Waals surface area (Å²) in [4.78, 5) is 13.1. The Morgan fingerprint density at radius 3 is 3.07 bits per heavy atom. The van der Waals surface area contributed by atoms with E-state index in [-0.39, 0.29) is 5.75 Å². The van der Waals surface area contributed by atoms with Gasteiger partial charge in [-0.15, -0.1) is 0 Å². The Balaban J connectivity index is 2.48. The number of hydrogen-bond acceptors (Lipinski definition) is 2. The number of benzene rings is 1. The van der Waals surface area contributed by atoms with E-state index < -0.39 is 0 Å². The van der Waals surface area contributed by atoms with Crippen LogP contribution in [0.2, 0.25) is 0 Å². The molecule has 3 N–H and O–H groups in total. The summed E-state index contributed by atoms with van der Waals surface area (Å²) >= 11 is 0. The van der Waals surface area contributed by atoms with Gasteiger partial charge in [0.2, 0.25) is 6.41 Å². The van der Waals surface area contributed by atoms with Crippen LogP contribution in [0, 0.1) is 0 Å². The van der Waals surface area contributed by atoms with Crippen molar-refractivity contribution in [1.29, 1.82) is 0 Å². The van der Waals surface area contributed by atoms with E-state index in [4.69, 9.17) is 0 Å². The number of phenolic OH excluding ortho intramolecular Hbond substituents is 1. The van der Waals surface area contributed by atoms with Crippen LogP contribution in [-0.2, 0) is 4.79 Å². The van der Waals surface area contributed by atoms with E-state index in [1.807, 2.05) is 6.07 Å². The molecule has 0 aliphatic rings. The molecule has 1 amide bonds. The Bertz CT molecular complexity index is 514. The molecular formula is C11H10N2O2. The van der Waals surface area contributed by atoms with Crippen LogP contribution >= 0.6 is 0 Å². The van der Waals surface area contributed by atoms with Crippen LogP contribution in [0.25, 0.3) is 17.0 Å². The lowest BCUT2D eigenvalue weighted by molar-refractivity contribution is -0.108. The molecule has 4 nitrogen and oxygen atoms in total. The first-order chi connectivity index (χ1) is 7.33. The summed E-state index contributed by atoms with van der Waals surface area (Å²) in [5, 5.41) is 12.8. The van der Waals surface area contributed by atoms with Crippen molar-refractivity contribution in [3.8, 4) is 5.75 Å². The van der Waals surface area contributed by atoms with Gasteiger partial charge in [0.1, 0.15) is 5.75 Å². The highest BCUT2D eigenvalue weighted by Gasteiger charge is 2.04. The van der Waals surface area contributed by atoms with Crippen molar-refractivity contribution in [2.75, 3.05) is 0 Å². The summed E-state index contributed by atoms with van der Waals surface area (Å²) in [6, 6.07) is 5.27. The van der Waals surface area contributed by atoms with Crippen molar-refractivity contribution in [2.24, 2.45) is 0 Å². The minimum absolute atomic E-state index is 0.222. The van der Waals surface area contributed by atoms with E-state index >= 15 is 0 Å². The molecule has 0 radical (unpaired) electrons. The zero-order valence-corrected chi connectivity index (χ0v) is 7.90. The monoisotopic (exact) mass is 202 g/mol. The molecule has 4 heteroatoms. The second-order valence-electron chi connectivity index (χ2n) is 3.06. The Hall–Kier alpha value is -2.23. The van der Waals surface area contributed by atoms with Crippen LogP contribution in [0.4, 0.5) is 0 Å². The molecule has 2 aromatic rings. The fourth-order valence-corrected chi connectivity index (χ4v) is 1.50. The van der Waals surface area contributed by atoms with Gasteiger partial charge in [-0.2, -0.15) is 0 Å². The lowest BCUT2D eigenvalue weighted by Crippen LogP contribution is -1.97. The third-order valence-electron chi connectivity index (χ3n) is 2.14. The Morgan fingerprint density at radius 2 is 2.27 bits per heavy atom. The molecule has 2 rings (SSSR count). The second-order valence-corrected chi connectivity index (χ2v) is 3.06. The molecule has 0 atom stereocenters. The van der Waals surface area contributed by atoms with Crippen molar-refractivity contribution >= 4 is 23.4 Å². The van der Waals surface area contributed by atoms with Crippen LogP contribution in [0.15, 0.2) is 30.6 Å². The Morgan fingerprint density at radius 1 is 1.40 bits per heavy atom. The van der Waals surface area contributed by atoms with E-state index in [0.717, 1.165) is 16.5 Å². The summed E-state index contributed by atoms with van der Waals surface area (Å²) in [6.45, 7) is 0. The molecular weight excluding hydrogens is 192 g/mol. The highest BCUT2D eigenvalue weighted by Crippen LogP contribution is 2.27. The number of nitrogens with one attached hydrogen (secondary N) is 2. The molecule has 15 heavy (non-hydrogen) atoms. The minimum Gasteiger partial charge on any atom is -0.507 e. The Labute approximate surface area is 86.2 Å². The smallest absolute Gasteiger partial charge is 0.211 e. The highest BCUT2D eigenvalue weighted by molar-refractivity contribution is 5.93. The molecule has 1 aromatic carbocycles. The standard InChI is InChI=1S/C11H10N2O2/c14-7-12-5-4-8-6-13-9-2-1-3-10(15)11(8)9/h1-7,13,15H,(H,12,14). The van der Waals surface area contributed by atoms with Crippen molar-refractivity contribution in [3.63, 3.8) is 0 Å². The predicted octanol–water partition coefficient (Wildman–Crippen LogP) is 1.59. The van der Waals surface area contributed by atoms with E-state index in [0.29, 0.717) is 6.41 Å². The third-order valence-corrected chi connectivity index (χ3v) is 2.14. The zero-order chi connectivity index (χ0) is 10.7. The summed E-state index contributed by atoms with van der Waals surface area (Å²) in [6.07, 6.45) is 5.59. The number of carbonyl (C=O) groups is 1. The number of rotatable bonds is 3. The number of amides is 1. The van der Waals surface area contributed by atoms with E-state index in [1.54, 1.807) is 24.4 Å². The second kappa shape index (κ2) is 3.88. The summed E-state index contributed by atoms with van der Waals surface area (Å²) in [5.41, 5.74) is 1.69. The third kappa shape index (κ3) is 1.69. The molecule has 0 aliphatic carbocycles. The fraction of sp³-hybridized carbons (Fsp3) is 0.